The third-order valence-corrected chi connectivity index (χ3v) is 6.68. The topological polar surface area (TPSA) is 220 Å². The van der Waals surface area contributed by atoms with Gasteiger partial charge < -0.3 is 42.3 Å². The summed E-state index contributed by atoms with van der Waals surface area (Å²) in [7, 11) is 1.42. The lowest BCUT2D eigenvalue weighted by atomic mass is 10.1. The van der Waals surface area contributed by atoms with Crippen molar-refractivity contribution in [3.63, 3.8) is 0 Å². The van der Waals surface area contributed by atoms with Crippen molar-refractivity contribution in [2.45, 2.75) is 63.6 Å². The van der Waals surface area contributed by atoms with Crippen LogP contribution in [-0.2, 0) is 25.8 Å². The van der Waals surface area contributed by atoms with Crippen LogP contribution in [0.5, 0.6) is 17.2 Å². The monoisotopic (exact) mass is 624 g/mol. The zero-order chi connectivity index (χ0) is 33.2. The number of aliphatic hydroxyl groups is 1. The predicted octanol–water partition coefficient (Wildman–Crippen LogP) is 2.17. The Kier molecular flexibility index (Phi) is 16.4. The van der Waals surface area contributed by atoms with Crippen LogP contribution in [0.25, 0.3) is 12.2 Å². The van der Waals surface area contributed by atoms with Crippen LogP contribution in [0.15, 0.2) is 48.6 Å². The van der Waals surface area contributed by atoms with Crippen LogP contribution in [0.3, 0.4) is 0 Å². The Hall–Kier alpha value is -4.20. The number of allylic oxidation sites excluding steroid dienone is 2. The van der Waals surface area contributed by atoms with Crippen molar-refractivity contribution >= 4 is 35.7 Å². The molecule has 2 atom stereocenters. The summed E-state index contributed by atoms with van der Waals surface area (Å²) in [6.45, 7) is 0.631. The lowest BCUT2D eigenvalue weighted by Crippen LogP contribution is -2.34. The SMILES string of the molecule is COc1cc(/C=C/C(=O)CC(=O)/C=C/c2ccc(OC(=O)C(N)CCCCN)c(CO)c2)ccc1OC(=O)C(N)CCCCN. The second-order valence-corrected chi connectivity index (χ2v) is 10.3. The number of nitrogens with two attached hydrogens (primary N) is 4. The van der Waals surface area contributed by atoms with Crippen molar-refractivity contribution in [1.29, 1.82) is 0 Å². The number of aliphatic hydroxyl groups excluding tert-OH is 1. The van der Waals surface area contributed by atoms with Gasteiger partial charge in [0.25, 0.3) is 0 Å². The second kappa shape index (κ2) is 20.0. The molecule has 0 aliphatic carbocycles. The molecule has 0 aromatic heterocycles. The number of hydrogen-bond donors (Lipinski definition) is 5. The Morgan fingerprint density at radius 1 is 0.733 bits per heavy atom. The molecular formula is C33H44N4O8. The zero-order valence-electron chi connectivity index (χ0n) is 25.6. The van der Waals surface area contributed by atoms with Gasteiger partial charge in [0, 0.05) is 5.56 Å². The quantitative estimate of drug-likeness (QED) is 0.0470. The Labute approximate surface area is 263 Å². The summed E-state index contributed by atoms with van der Waals surface area (Å²) in [5, 5.41) is 9.74. The molecule has 0 saturated carbocycles. The molecular weight excluding hydrogens is 580 g/mol. The molecule has 0 bridgehead atoms. The highest BCUT2D eigenvalue weighted by Crippen LogP contribution is 2.29. The van der Waals surface area contributed by atoms with Gasteiger partial charge in [-0.05, 0) is 86.3 Å². The first kappa shape index (κ1) is 37.0. The third kappa shape index (κ3) is 13.1. The first-order valence-electron chi connectivity index (χ1n) is 14.8. The fourth-order valence-corrected chi connectivity index (χ4v) is 4.09. The number of hydrogen-bond acceptors (Lipinski definition) is 12. The molecule has 0 heterocycles. The molecule has 244 valence electrons. The van der Waals surface area contributed by atoms with Crippen molar-refractivity contribution in [3.05, 3.63) is 65.2 Å². The molecule has 12 heteroatoms. The largest absolute Gasteiger partial charge is 0.493 e. The molecule has 0 amide bonds. The predicted molar refractivity (Wildman–Crippen MR) is 171 cm³/mol. The van der Waals surface area contributed by atoms with E-state index in [1.165, 1.54) is 43.5 Å². The van der Waals surface area contributed by atoms with E-state index in [2.05, 4.69) is 0 Å². The molecule has 45 heavy (non-hydrogen) atoms. The highest BCUT2D eigenvalue weighted by molar-refractivity contribution is 6.10. The Balaban J connectivity index is 1.95. The van der Waals surface area contributed by atoms with Gasteiger partial charge in [-0.1, -0.05) is 37.1 Å². The molecule has 9 N–H and O–H groups in total. The second-order valence-electron chi connectivity index (χ2n) is 10.3. The van der Waals surface area contributed by atoms with Crippen molar-refractivity contribution in [2.75, 3.05) is 20.2 Å². The Morgan fingerprint density at radius 3 is 1.71 bits per heavy atom. The summed E-state index contributed by atoms with van der Waals surface area (Å²) in [5.74, 6) is -1.42. The van der Waals surface area contributed by atoms with E-state index in [0.29, 0.717) is 55.5 Å². The van der Waals surface area contributed by atoms with Crippen molar-refractivity contribution < 1.29 is 38.5 Å². The molecule has 2 unspecified atom stereocenters. The molecule has 0 spiro atoms. The van der Waals surface area contributed by atoms with Gasteiger partial charge in [-0.15, -0.1) is 0 Å². The van der Waals surface area contributed by atoms with E-state index in [9.17, 15) is 24.3 Å². The van der Waals surface area contributed by atoms with Crippen molar-refractivity contribution in [3.8, 4) is 17.2 Å². The number of methoxy groups -OCH3 is 1. The lowest BCUT2D eigenvalue weighted by Gasteiger charge is -2.13. The highest BCUT2D eigenvalue weighted by Gasteiger charge is 2.19. The molecule has 0 fully saturated rings. The minimum absolute atomic E-state index is 0.172. The smallest absolute Gasteiger partial charge is 0.328 e. The summed E-state index contributed by atoms with van der Waals surface area (Å²) in [6, 6.07) is 7.84. The minimum Gasteiger partial charge on any atom is -0.493 e. The van der Waals surface area contributed by atoms with Crippen molar-refractivity contribution in [2.24, 2.45) is 22.9 Å². The van der Waals surface area contributed by atoms with Crippen LogP contribution in [0.4, 0.5) is 0 Å². The van der Waals surface area contributed by atoms with Gasteiger partial charge in [-0.2, -0.15) is 0 Å². The summed E-state index contributed by atoms with van der Waals surface area (Å²) < 4.78 is 16.0. The summed E-state index contributed by atoms with van der Waals surface area (Å²) in [6.07, 6.45) is 8.99. The first-order valence-corrected chi connectivity index (χ1v) is 14.8. The van der Waals surface area contributed by atoms with E-state index < -0.39 is 42.2 Å². The lowest BCUT2D eigenvalue weighted by molar-refractivity contribution is -0.137. The number of rotatable bonds is 20. The maximum Gasteiger partial charge on any atom is 0.328 e. The molecule has 12 nitrogen and oxygen atoms in total. The number of carbonyl (C=O) groups excluding carboxylic acids is 4. The standard InChI is InChI=1S/C33H44N4O8/c1-43-31-19-23(11-15-30(31)45-33(42)28(37)7-3-5-17-35)9-13-26(40)20-25(39)12-8-22-10-14-29(24(18-22)21-38)44-32(41)27(36)6-2-4-16-34/h8-15,18-19,27-28,38H,2-7,16-17,20-21,34-37H2,1H3/b12-8+,13-9+. The van der Waals surface area contributed by atoms with Crippen LogP contribution in [0.2, 0.25) is 0 Å². The molecule has 0 aliphatic heterocycles. The molecule has 0 saturated heterocycles. The fraction of sp³-hybridized carbons (Fsp3) is 0.394. The van der Waals surface area contributed by atoms with Crippen LogP contribution < -0.4 is 37.1 Å². The van der Waals surface area contributed by atoms with Gasteiger partial charge in [-0.3, -0.25) is 9.59 Å². The maximum atomic E-state index is 12.4. The van der Waals surface area contributed by atoms with Crippen LogP contribution >= 0.6 is 0 Å². The van der Waals surface area contributed by atoms with Crippen molar-refractivity contribution in [1.82, 2.24) is 0 Å². The van der Waals surface area contributed by atoms with Gasteiger partial charge in [0.05, 0.1) is 20.1 Å². The number of unbranched alkanes of at least 4 members (excludes halogenated alkanes) is 2. The normalized spacial score (nSPS) is 12.7. The van der Waals surface area contributed by atoms with Crippen LogP contribution in [0.1, 0.15) is 61.6 Å². The molecule has 0 aliphatic rings. The van der Waals surface area contributed by atoms with E-state index in [1.807, 2.05) is 0 Å². The number of benzene rings is 2. The maximum absolute atomic E-state index is 12.4. The summed E-state index contributed by atoms with van der Waals surface area (Å²) in [4.78, 5) is 49.4. The van der Waals surface area contributed by atoms with E-state index in [4.69, 9.17) is 37.1 Å². The van der Waals surface area contributed by atoms with Gasteiger partial charge >= 0.3 is 11.9 Å². The fourth-order valence-electron chi connectivity index (χ4n) is 4.09. The van der Waals surface area contributed by atoms with E-state index >= 15 is 0 Å². The Bertz CT molecular complexity index is 1260. The number of ether oxygens (including phenoxy) is 3. The summed E-state index contributed by atoms with van der Waals surface area (Å²) in [5.41, 5.74) is 24.2. The zero-order valence-corrected chi connectivity index (χ0v) is 25.6. The van der Waals surface area contributed by atoms with Gasteiger partial charge in [0.2, 0.25) is 0 Å². The van der Waals surface area contributed by atoms with E-state index in [1.54, 1.807) is 24.3 Å². The first-order chi connectivity index (χ1) is 21.6. The van der Waals surface area contributed by atoms with Gasteiger partial charge in [0.15, 0.2) is 23.1 Å². The number of ketones is 2. The van der Waals surface area contributed by atoms with Gasteiger partial charge in [-0.25, -0.2) is 9.59 Å². The van der Waals surface area contributed by atoms with Gasteiger partial charge in [0.1, 0.15) is 17.8 Å². The molecule has 2 aromatic rings. The Morgan fingerprint density at radius 2 is 1.22 bits per heavy atom. The van der Waals surface area contributed by atoms with Crippen LogP contribution in [0, 0.1) is 0 Å². The number of carbonyl (C=O) groups is 4. The highest BCUT2D eigenvalue weighted by atomic mass is 16.6. The van der Waals surface area contributed by atoms with E-state index in [0.717, 1.165) is 12.8 Å². The average molecular weight is 625 g/mol. The molecule has 2 aromatic carbocycles. The third-order valence-electron chi connectivity index (χ3n) is 6.68. The van der Waals surface area contributed by atoms with Crippen LogP contribution in [-0.4, -0.2) is 60.9 Å². The summed E-state index contributed by atoms with van der Waals surface area (Å²) >= 11 is 0. The minimum atomic E-state index is -0.806. The number of esters is 2. The molecule has 0 radical (unpaired) electrons. The van der Waals surface area contributed by atoms with E-state index in [-0.39, 0.29) is 23.7 Å². The average Bonchev–Trinajstić information content (AvgIpc) is 3.03. The molecule has 2 rings (SSSR count).